The third-order valence-corrected chi connectivity index (χ3v) is 7.60. The zero-order valence-electron chi connectivity index (χ0n) is 16.6. The molecule has 0 spiro atoms. The van der Waals surface area contributed by atoms with Crippen molar-refractivity contribution in [3.05, 3.63) is 12.2 Å². The predicted octanol–water partition coefficient (Wildman–Crippen LogP) is 7.37. The Morgan fingerprint density at radius 3 is 1.58 bits per heavy atom. The molecule has 0 heterocycles. The second-order valence-corrected chi connectivity index (χ2v) is 9.21. The summed E-state index contributed by atoms with van der Waals surface area (Å²) in [5.41, 5.74) is 0. The SMILES string of the molecule is CCCOC1CCC(C2CCC(C3CCC(C=C(F)F)CC3)CC2)CC1. The average Bonchev–Trinajstić information content (AvgIpc) is 2.67. The maximum Gasteiger partial charge on any atom is 0.266 e. The van der Waals surface area contributed by atoms with E-state index >= 15 is 0 Å². The van der Waals surface area contributed by atoms with E-state index in [4.69, 9.17) is 4.74 Å². The van der Waals surface area contributed by atoms with Crippen LogP contribution in [-0.2, 0) is 4.74 Å². The molecule has 0 radical (unpaired) electrons. The van der Waals surface area contributed by atoms with Gasteiger partial charge in [0, 0.05) is 6.61 Å². The van der Waals surface area contributed by atoms with E-state index in [0.717, 1.165) is 49.5 Å². The summed E-state index contributed by atoms with van der Waals surface area (Å²) in [6, 6.07) is 0. The van der Waals surface area contributed by atoms with Crippen LogP contribution in [-0.4, -0.2) is 12.7 Å². The van der Waals surface area contributed by atoms with E-state index < -0.39 is 6.08 Å². The molecule has 3 fully saturated rings. The fourth-order valence-electron chi connectivity index (χ4n) is 6.06. The molecule has 0 atom stereocenters. The molecule has 0 aromatic rings. The monoisotopic (exact) mass is 368 g/mol. The number of ether oxygens (including phenoxy) is 1. The van der Waals surface area contributed by atoms with Gasteiger partial charge in [-0.1, -0.05) is 6.92 Å². The van der Waals surface area contributed by atoms with Crippen molar-refractivity contribution >= 4 is 0 Å². The lowest BCUT2D eigenvalue weighted by Crippen LogP contribution is -2.31. The number of rotatable bonds is 6. The molecule has 0 unspecified atom stereocenters. The maximum atomic E-state index is 12.4. The minimum Gasteiger partial charge on any atom is -0.378 e. The van der Waals surface area contributed by atoms with Crippen molar-refractivity contribution < 1.29 is 13.5 Å². The summed E-state index contributed by atoms with van der Waals surface area (Å²) in [4.78, 5) is 0. The Labute approximate surface area is 159 Å². The molecular weight excluding hydrogens is 330 g/mol. The van der Waals surface area contributed by atoms with Gasteiger partial charge >= 0.3 is 0 Å². The predicted molar refractivity (Wildman–Crippen MR) is 103 cm³/mol. The quantitative estimate of drug-likeness (QED) is 0.475. The number of hydrogen-bond donors (Lipinski definition) is 0. The Morgan fingerprint density at radius 2 is 1.15 bits per heavy atom. The summed E-state index contributed by atoms with van der Waals surface area (Å²) in [5, 5.41) is 0. The van der Waals surface area contributed by atoms with Gasteiger partial charge in [-0.05, 0) is 119 Å². The molecule has 1 nitrogen and oxygen atoms in total. The third kappa shape index (κ3) is 5.78. The highest BCUT2D eigenvalue weighted by Gasteiger charge is 2.34. The van der Waals surface area contributed by atoms with E-state index in [0.29, 0.717) is 6.10 Å². The molecule has 0 amide bonds. The van der Waals surface area contributed by atoms with Crippen LogP contribution in [0.2, 0.25) is 0 Å². The van der Waals surface area contributed by atoms with Gasteiger partial charge in [0.1, 0.15) is 0 Å². The van der Waals surface area contributed by atoms with E-state index in [1.807, 2.05) is 0 Å². The second-order valence-electron chi connectivity index (χ2n) is 9.21. The van der Waals surface area contributed by atoms with Crippen LogP contribution in [0.4, 0.5) is 8.78 Å². The minimum atomic E-state index is -1.48. The summed E-state index contributed by atoms with van der Waals surface area (Å²) in [6.07, 6.45) is 16.6. The first kappa shape index (κ1) is 20.3. The molecular formula is C23H38F2O. The first-order chi connectivity index (χ1) is 12.7. The summed E-state index contributed by atoms with van der Waals surface area (Å²) in [7, 11) is 0. The molecule has 0 bridgehead atoms. The second kappa shape index (κ2) is 10.2. The van der Waals surface area contributed by atoms with E-state index in [1.165, 1.54) is 70.3 Å². The first-order valence-corrected chi connectivity index (χ1v) is 11.3. The molecule has 3 aliphatic rings. The molecule has 0 aliphatic heterocycles. The highest BCUT2D eigenvalue weighted by molar-refractivity contribution is 4.92. The lowest BCUT2D eigenvalue weighted by atomic mass is 9.65. The van der Waals surface area contributed by atoms with Crippen LogP contribution >= 0.6 is 0 Å². The van der Waals surface area contributed by atoms with Gasteiger partial charge in [0.25, 0.3) is 6.08 Å². The van der Waals surface area contributed by atoms with E-state index in [9.17, 15) is 8.78 Å². The van der Waals surface area contributed by atoms with Crippen molar-refractivity contribution in [1.82, 2.24) is 0 Å². The van der Waals surface area contributed by atoms with Crippen molar-refractivity contribution in [3.8, 4) is 0 Å². The molecule has 0 aromatic carbocycles. The van der Waals surface area contributed by atoms with Gasteiger partial charge < -0.3 is 4.74 Å². The standard InChI is InChI=1S/C23H38F2O/c1-2-15-26-22-13-11-21(12-14-22)20-9-7-19(8-10-20)18-5-3-17(4-6-18)16-23(24)25/h16-22H,2-15H2,1H3. The van der Waals surface area contributed by atoms with Crippen LogP contribution in [0.3, 0.4) is 0 Å². The van der Waals surface area contributed by atoms with Crippen LogP contribution in [0.1, 0.15) is 90.4 Å². The largest absolute Gasteiger partial charge is 0.378 e. The molecule has 0 aromatic heterocycles. The van der Waals surface area contributed by atoms with Crippen LogP contribution in [0.15, 0.2) is 12.2 Å². The van der Waals surface area contributed by atoms with E-state index in [2.05, 4.69) is 6.92 Å². The fraction of sp³-hybridized carbons (Fsp3) is 0.913. The lowest BCUT2D eigenvalue weighted by Gasteiger charge is -2.41. The van der Waals surface area contributed by atoms with E-state index in [1.54, 1.807) is 0 Å². The van der Waals surface area contributed by atoms with Gasteiger partial charge in [0.2, 0.25) is 0 Å². The molecule has 26 heavy (non-hydrogen) atoms. The minimum absolute atomic E-state index is 0.137. The molecule has 3 heteroatoms. The van der Waals surface area contributed by atoms with Crippen molar-refractivity contribution in [3.63, 3.8) is 0 Å². The molecule has 3 rings (SSSR count). The number of allylic oxidation sites excluding steroid dienone is 1. The van der Waals surface area contributed by atoms with Crippen LogP contribution in [0.5, 0.6) is 0 Å². The normalized spacial score (nSPS) is 38.7. The zero-order chi connectivity index (χ0) is 18.4. The molecule has 150 valence electrons. The molecule has 3 aliphatic carbocycles. The third-order valence-electron chi connectivity index (χ3n) is 7.60. The van der Waals surface area contributed by atoms with Gasteiger partial charge in [-0.2, -0.15) is 8.78 Å². The Bertz CT molecular complexity index is 421. The van der Waals surface area contributed by atoms with Crippen LogP contribution < -0.4 is 0 Å². The Balaban J connectivity index is 1.35. The number of hydrogen-bond acceptors (Lipinski definition) is 1. The van der Waals surface area contributed by atoms with Crippen LogP contribution in [0.25, 0.3) is 0 Å². The summed E-state index contributed by atoms with van der Waals surface area (Å²) in [6.45, 7) is 3.11. The first-order valence-electron chi connectivity index (χ1n) is 11.3. The highest BCUT2D eigenvalue weighted by Crippen LogP contribution is 2.45. The molecule has 3 saturated carbocycles. The Kier molecular flexibility index (Phi) is 7.96. The van der Waals surface area contributed by atoms with Crippen molar-refractivity contribution in [1.29, 1.82) is 0 Å². The fourth-order valence-corrected chi connectivity index (χ4v) is 6.06. The van der Waals surface area contributed by atoms with E-state index in [-0.39, 0.29) is 5.92 Å². The zero-order valence-corrected chi connectivity index (χ0v) is 16.6. The van der Waals surface area contributed by atoms with Gasteiger partial charge in [-0.15, -0.1) is 0 Å². The summed E-state index contributed by atoms with van der Waals surface area (Å²) >= 11 is 0. The maximum absolute atomic E-state index is 12.4. The van der Waals surface area contributed by atoms with Crippen molar-refractivity contribution in [2.45, 2.75) is 96.5 Å². The Hall–Kier alpha value is -0.440. The number of halogens is 2. The van der Waals surface area contributed by atoms with Crippen molar-refractivity contribution in [2.24, 2.45) is 29.6 Å². The Morgan fingerprint density at radius 1 is 0.731 bits per heavy atom. The van der Waals surface area contributed by atoms with Crippen molar-refractivity contribution in [2.75, 3.05) is 6.61 Å². The van der Waals surface area contributed by atoms with Gasteiger partial charge in [-0.25, -0.2) is 0 Å². The van der Waals surface area contributed by atoms with Gasteiger partial charge in [-0.3, -0.25) is 0 Å². The average molecular weight is 369 g/mol. The molecule has 0 N–H and O–H groups in total. The highest BCUT2D eigenvalue weighted by atomic mass is 19.3. The van der Waals surface area contributed by atoms with Gasteiger partial charge in [0.15, 0.2) is 0 Å². The molecule has 0 saturated heterocycles. The van der Waals surface area contributed by atoms with Gasteiger partial charge in [0.05, 0.1) is 6.10 Å². The summed E-state index contributed by atoms with van der Waals surface area (Å²) in [5.74, 6) is 3.69. The topological polar surface area (TPSA) is 9.23 Å². The lowest BCUT2D eigenvalue weighted by molar-refractivity contribution is 0.00580. The van der Waals surface area contributed by atoms with Crippen LogP contribution in [0, 0.1) is 29.6 Å². The smallest absolute Gasteiger partial charge is 0.266 e. The summed E-state index contributed by atoms with van der Waals surface area (Å²) < 4.78 is 30.8.